The second-order valence-electron chi connectivity index (χ2n) is 8.52. The van der Waals surface area contributed by atoms with Crippen LogP contribution in [0.4, 0.5) is 5.69 Å². The van der Waals surface area contributed by atoms with Crippen LogP contribution in [0.25, 0.3) is 10.1 Å². The summed E-state index contributed by atoms with van der Waals surface area (Å²) in [5.74, 6) is -1.05. The molecule has 2 amide bonds. The highest BCUT2D eigenvalue weighted by atomic mass is 79.9. The van der Waals surface area contributed by atoms with Gasteiger partial charge < -0.3 is 14.5 Å². The summed E-state index contributed by atoms with van der Waals surface area (Å²) in [5.41, 5.74) is 4.78. The Morgan fingerprint density at radius 3 is 2.58 bits per heavy atom. The van der Waals surface area contributed by atoms with Crippen LogP contribution in [0.5, 0.6) is 5.75 Å². The van der Waals surface area contributed by atoms with E-state index in [4.69, 9.17) is 20.8 Å². The van der Waals surface area contributed by atoms with E-state index in [1.807, 2.05) is 25.1 Å². The molecule has 2 heterocycles. The molecule has 3 aromatic carbocycles. The molecular formula is C29H19BrClN3O5S. The van der Waals surface area contributed by atoms with Crippen LogP contribution >= 0.6 is 38.9 Å². The molecule has 40 heavy (non-hydrogen) atoms. The normalized spacial score (nSPS) is 11.1. The predicted molar refractivity (Wildman–Crippen MR) is 159 cm³/mol. The fourth-order valence-corrected chi connectivity index (χ4v) is 5.56. The largest absolute Gasteiger partial charge is 0.459 e. The fourth-order valence-electron chi connectivity index (χ4n) is 3.69. The monoisotopic (exact) mass is 635 g/mol. The fraction of sp³-hybridized carbons (Fsp3) is 0.0345. The van der Waals surface area contributed by atoms with Crippen molar-refractivity contribution in [2.24, 2.45) is 5.10 Å². The minimum Gasteiger partial charge on any atom is -0.459 e. The minimum atomic E-state index is -0.593. The van der Waals surface area contributed by atoms with Crippen LogP contribution in [0.15, 0.2) is 93.1 Å². The number of anilines is 1. The van der Waals surface area contributed by atoms with Crippen molar-refractivity contribution in [3.05, 3.63) is 116 Å². The maximum Gasteiger partial charge on any atom is 0.355 e. The first-order chi connectivity index (χ1) is 19.3. The summed E-state index contributed by atoms with van der Waals surface area (Å²) in [6.07, 6.45) is 2.78. The van der Waals surface area contributed by atoms with Gasteiger partial charge in [0, 0.05) is 31.4 Å². The summed E-state index contributed by atoms with van der Waals surface area (Å²) < 4.78 is 12.3. The number of hydrogen-bond acceptors (Lipinski definition) is 7. The molecule has 0 radical (unpaired) electrons. The molecule has 0 unspecified atom stereocenters. The highest BCUT2D eigenvalue weighted by Crippen LogP contribution is 2.36. The number of halogens is 2. The second kappa shape index (κ2) is 11.9. The van der Waals surface area contributed by atoms with Crippen LogP contribution in [0.2, 0.25) is 5.02 Å². The van der Waals surface area contributed by atoms with Crippen LogP contribution in [0, 0.1) is 6.92 Å². The Morgan fingerprint density at radius 2 is 1.82 bits per heavy atom. The Morgan fingerprint density at radius 1 is 1.02 bits per heavy atom. The van der Waals surface area contributed by atoms with Gasteiger partial charge in [0.2, 0.25) is 0 Å². The second-order valence-corrected chi connectivity index (χ2v) is 10.9. The lowest BCUT2D eigenvalue weighted by Gasteiger charge is -2.08. The van der Waals surface area contributed by atoms with Crippen LogP contribution in [0.1, 0.15) is 41.7 Å². The van der Waals surface area contributed by atoms with Crippen LogP contribution < -0.4 is 15.5 Å². The summed E-state index contributed by atoms with van der Waals surface area (Å²) in [6, 6.07) is 20.3. The number of fused-ring (bicyclic) bond motifs is 1. The highest BCUT2D eigenvalue weighted by molar-refractivity contribution is 9.10. The molecule has 0 atom stereocenters. The number of hydrogen-bond donors (Lipinski definition) is 2. The van der Waals surface area contributed by atoms with Gasteiger partial charge in [0.1, 0.15) is 10.6 Å². The third kappa shape index (κ3) is 6.15. The number of carbonyl (C=O) groups excluding carboxylic acids is 3. The first kappa shape index (κ1) is 27.3. The molecule has 0 bridgehead atoms. The summed E-state index contributed by atoms with van der Waals surface area (Å²) >= 11 is 11.1. The molecule has 0 aliphatic rings. The molecule has 5 rings (SSSR count). The zero-order valence-corrected chi connectivity index (χ0v) is 23.9. The van der Waals surface area contributed by atoms with E-state index in [9.17, 15) is 14.4 Å². The molecule has 2 aromatic heterocycles. The number of furan rings is 1. The van der Waals surface area contributed by atoms with E-state index in [0.717, 1.165) is 20.1 Å². The summed E-state index contributed by atoms with van der Waals surface area (Å²) in [6.45, 7) is 1.97. The quantitative estimate of drug-likeness (QED) is 0.0834. The van der Waals surface area contributed by atoms with Crippen LogP contribution in [-0.4, -0.2) is 24.0 Å². The SMILES string of the molecule is Cc1ccc2c(Cl)c(C(=O)Oc3ccc(Br)cc3/C=N\NC(=O)c3ccc(NC(=O)c4ccco4)cc3)sc2c1. The van der Waals surface area contributed by atoms with E-state index in [2.05, 4.69) is 31.8 Å². The first-order valence-electron chi connectivity index (χ1n) is 11.8. The molecule has 2 N–H and O–H groups in total. The van der Waals surface area contributed by atoms with E-state index < -0.39 is 17.8 Å². The van der Waals surface area contributed by atoms with E-state index in [-0.39, 0.29) is 11.5 Å². The number of hydrazone groups is 1. The number of benzene rings is 3. The standard InChI is InChI=1S/C29H19BrClN3O5S/c1-16-4-10-21-24(13-16)40-26(25(21)31)29(37)39-22-11-7-19(30)14-18(22)15-32-34-27(35)17-5-8-20(9-6-17)33-28(36)23-3-2-12-38-23/h2-15H,1H3,(H,33,36)(H,34,35)/b32-15-. The number of nitrogens with one attached hydrogen (secondary N) is 2. The Labute approximate surface area is 245 Å². The molecule has 8 nitrogen and oxygen atoms in total. The van der Waals surface area contributed by atoms with Crippen molar-refractivity contribution < 1.29 is 23.5 Å². The first-order valence-corrected chi connectivity index (χ1v) is 13.8. The average Bonchev–Trinajstić information content (AvgIpc) is 3.59. The average molecular weight is 637 g/mol. The maximum atomic E-state index is 13.0. The number of thiophene rings is 1. The van der Waals surface area contributed by atoms with Gasteiger partial charge in [0.05, 0.1) is 17.5 Å². The van der Waals surface area contributed by atoms with Gasteiger partial charge >= 0.3 is 5.97 Å². The van der Waals surface area contributed by atoms with Crippen molar-refractivity contribution in [1.29, 1.82) is 0 Å². The van der Waals surface area contributed by atoms with E-state index in [1.165, 1.54) is 23.8 Å². The molecule has 0 saturated carbocycles. The van der Waals surface area contributed by atoms with Crippen LogP contribution in [0.3, 0.4) is 0 Å². The molecular weight excluding hydrogens is 618 g/mol. The zero-order chi connectivity index (χ0) is 28.2. The molecule has 0 aliphatic heterocycles. The van der Waals surface area contributed by atoms with Gasteiger partial charge in [-0.15, -0.1) is 11.3 Å². The van der Waals surface area contributed by atoms with Crippen molar-refractivity contribution in [1.82, 2.24) is 5.43 Å². The number of amides is 2. The third-order valence-electron chi connectivity index (χ3n) is 5.66. The molecule has 200 valence electrons. The van der Waals surface area contributed by atoms with Gasteiger partial charge in [-0.2, -0.15) is 5.10 Å². The minimum absolute atomic E-state index is 0.177. The number of carbonyl (C=O) groups is 3. The van der Waals surface area contributed by atoms with Crippen molar-refractivity contribution in [3.63, 3.8) is 0 Å². The summed E-state index contributed by atoms with van der Waals surface area (Å²) in [4.78, 5) is 38.0. The van der Waals surface area contributed by atoms with Gasteiger partial charge in [-0.1, -0.05) is 39.7 Å². The molecule has 0 spiro atoms. The lowest BCUT2D eigenvalue weighted by atomic mass is 10.2. The van der Waals surface area contributed by atoms with Gasteiger partial charge in [0.15, 0.2) is 5.76 Å². The van der Waals surface area contributed by atoms with Gasteiger partial charge in [-0.3, -0.25) is 9.59 Å². The lowest BCUT2D eigenvalue weighted by Crippen LogP contribution is -2.18. The summed E-state index contributed by atoms with van der Waals surface area (Å²) in [5, 5.41) is 7.84. The van der Waals surface area contributed by atoms with E-state index in [1.54, 1.807) is 54.6 Å². The Hall–Kier alpha value is -4.25. The highest BCUT2D eigenvalue weighted by Gasteiger charge is 2.20. The van der Waals surface area contributed by atoms with Crippen molar-refractivity contribution >= 4 is 78.6 Å². The third-order valence-corrected chi connectivity index (χ3v) is 7.79. The molecule has 0 fully saturated rings. The molecule has 0 aliphatic carbocycles. The number of nitrogens with zero attached hydrogens (tertiary/aromatic N) is 1. The summed E-state index contributed by atoms with van der Waals surface area (Å²) in [7, 11) is 0. The number of ether oxygens (including phenoxy) is 1. The lowest BCUT2D eigenvalue weighted by molar-refractivity contribution is 0.0739. The van der Waals surface area contributed by atoms with Gasteiger partial charge in [-0.25, -0.2) is 10.2 Å². The molecule has 0 saturated heterocycles. The van der Waals surface area contributed by atoms with Crippen molar-refractivity contribution in [2.45, 2.75) is 6.92 Å². The number of rotatable bonds is 7. The maximum absolute atomic E-state index is 13.0. The Balaban J connectivity index is 1.25. The van der Waals surface area contributed by atoms with E-state index in [0.29, 0.717) is 26.7 Å². The van der Waals surface area contributed by atoms with Gasteiger partial charge in [0.25, 0.3) is 11.8 Å². The topological polar surface area (TPSA) is 110 Å². The zero-order valence-electron chi connectivity index (χ0n) is 20.7. The van der Waals surface area contributed by atoms with Crippen molar-refractivity contribution in [3.8, 4) is 5.75 Å². The van der Waals surface area contributed by atoms with Gasteiger partial charge in [-0.05, 0) is 73.2 Å². The van der Waals surface area contributed by atoms with E-state index >= 15 is 0 Å². The molecule has 11 heteroatoms. The number of esters is 1. The van der Waals surface area contributed by atoms with Crippen molar-refractivity contribution in [2.75, 3.05) is 5.32 Å². The number of aryl methyl sites for hydroxylation is 1. The predicted octanol–water partition coefficient (Wildman–Crippen LogP) is 7.45. The van der Waals surface area contributed by atoms with Crippen LogP contribution in [-0.2, 0) is 0 Å². The smallest absolute Gasteiger partial charge is 0.355 e. The Kier molecular flexibility index (Phi) is 8.11. The molecule has 5 aromatic rings. The Bertz CT molecular complexity index is 1760.